The van der Waals surface area contributed by atoms with Crippen molar-refractivity contribution in [3.05, 3.63) is 71.3 Å². The van der Waals surface area contributed by atoms with E-state index in [4.69, 9.17) is 0 Å². The number of benzene rings is 2. The second-order valence-corrected chi connectivity index (χ2v) is 6.08. The summed E-state index contributed by atoms with van der Waals surface area (Å²) in [5.41, 5.74) is 1.42. The summed E-state index contributed by atoms with van der Waals surface area (Å²) in [6, 6.07) is 12.2. The van der Waals surface area contributed by atoms with Crippen molar-refractivity contribution in [3.63, 3.8) is 0 Å². The Balaban J connectivity index is 0.00000225. The molecule has 1 amide bonds. The van der Waals surface area contributed by atoms with Gasteiger partial charge in [-0.1, -0.05) is 24.3 Å². The highest BCUT2D eigenvalue weighted by molar-refractivity contribution is 5.85. The molecule has 0 saturated carbocycles. The molecule has 134 valence electrons. The Labute approximate surface area is 152 Å². The number of nitrogens with one attached hydrogen (secondary N) is 1. The molecule has 3 rings (SSSR count). The molecular weight excluding hydrogens is 346 g/mol. The van der Waals surface area contributed by atoms with E-state index in [1.54, 1.807) is 30.0 Å². The van der Waals surface area contributed by atoms with Crippen LogP contribution in [0.15, 0.2) is 48.5 Å². The lowest BCUT2D eigenvalue weighted by molar-refractivity contribution is -0.135. The molecule has 0 spiro atoms. The smallest absolute Gasteiger partial charge is 0.230 e. The molecule has 0 radical (unpaired) electrons. The normalized spacial score (nSPS) is 18.4. The van der Waals surface area contributed by atoms with Crippen molar-refractivity contribution < 1.29 is 13.6 Å². The monoisotopic (exact) mass is 366 g/mol. The third kappa shape index (κ3) is 4.35. The highest BCUT2D eigenvalue weighted by Crippen LogP contribution is 2.27. The maximum Gasteiger partial charge on any atom is 0.230 e. The number of amides is 1. The lowest BCUT2D eigenvalue weighted by Gasteiger charge is -2.38. The molecule has 6 heteroatoms. The van der Waals surface area contributed by atoms with Crippen LogP contribution in [-0.4, -0.2) is 30.4 Å². The molecule has 2 atom stereocenters. The van der Waals surface area contributed by atoms with E-state index in [0.717, 1.165) is 5.56 Å². The second kappa shape index (κ2) is 8.41. The topological polar surface area (TPSA) is 32.3 Å². The molecule has 0 aliphatic carbocycles. The minimum Gasteiger partial charge on any atom is -0.333 e. The maximum absolute atomic E-state index is 13.6. The van der Waals surface area contributed by atoms with Crippen LogP contribution in [0.2, 0.25) is 0 Å². The molecule has 2 unspecified atom stereocenters. The van der Waals surface area contributed by atoms with Gasteiger partial charge in [0.25, 0.3) is 0 Å². The molecule has 1 N–H and O–H groups in total. The average molecular weight is 367 g/mol. The summed E-state index contributed by atoms with van der Waals surface area (Å²) in [7, 11) is 0. The van der Waals surface area contributed by atoms with E-state index in [-0.39, 0.29) is 36.0 Å². The van der Waals surface area contributed by atoms with Gasteiger partial charge >= 0.3 is 0 Å². The molecular formula is C19H21ClF2N2O. The van der Waals surface area contributed by atoms with E-state index in [2.05, 4.69) is 5.32 Å². The van der Waals surface area contributed by atoms with E-state index < -0.39 is 5.92 Å². The second-order valence-electron chi connectivity index (χ2n) is 6.08. The number of nitrogens with zero attached hydrogens (tertiary/aromatic N) is 1. The Morgan fingerprint density at radius 2 is 1.84 bits per heavy atom. The lowest BCUT2D eigenvalue weighted by atomic mass is 9.96. The van der Waals surface area contributed by atoms with Crippen LogP contribution in [0.4, 0.5) is 8.78 Å². The SMILES string of the molecule is CC(C(=O)N1CCNCC1c1cccc(F)c1)c1cccc(F)c1.Cl. The zero-order valence-electron chi connectivity index (χ0n) is 13.9. The van der Waals surface area contributed by atoms with E-state index >= 15 is 0 Å². The van der Waals surface area contributed by atoms with E-state index in [1.807, 2.05) is 6.07 Å². The van der Waals surface area contributed by atoms with Crippen LogP contribution in [0.3, 0.4) is 0 Å². The van der Waals surface area contributed by atoms with Gasteiger partial charge in [-0.05, 0) is 42.3 Å². The summed E-state index contributed by atoms with van der Waals surface area (Å²) >= 11 is 0. The van der Waals surface area contributed by atoms with Gasteiger partial charge in [0.1, 0.15) is 11.6 Å². The molecule has 0 aromatic heterocycles. The molecule has 3 nitrogen and oxygen atoms in total. The van der Waals surface area contributed by atoms with Gasteiger partial charge in [0.15, 0.2) is 0 Å². The number of carbonyl (C=O) groups is 1. The van der Waals surface area contributed by atoms with Crippen molar-refractivity contribution in [3.8, 4) is 0 Å². The highest BCUT2D eigenvalue weighted by atomic mass is 35.5. The minimum atomic E-state index is -0.449. The molecule has 0 bridgehead atoms. The van der Waals surface area contributed by atoms with Crippen LogP contribution in [0, 0.1) is 11.6 Å². The number of rotatable bonds is 3. The first-order valence-electron chi connectivity index (χ1n) is 8.08. The number of piperazine rings is 1. The van der Waals surface area contributed by atoms with Crippen LogP contribution in [-0.2, 0) is 4.79 Å². The predicted molar refractivity (Wildman–Crippen MR) is 95.8 cm³/mol. The zero-order valence-corrected chi connectivity index (χ0v) is 14.7. The minimum absolute atomic E-state index is 0. The van der Waals surface area contributed by atoms with Gasteiger partial charge in [-0.15, -0.1) is 12.4 Å². The predicted octanol–water partition coefficient (Wildman–Crippen LogP) is 3.66. The van der Waals surface area contributed by atoms with Crippen molar-refractivity contribution in [2.45, 2.75) is 18.9 Å². The van der Waals surface area contributed by atoms with Gasteiger partial charge in [-0.3, -0.25) is 4.79 Å². The van der Waals surface area contributed by atoms with Crippen molar-refractivity contribution in [2.75, 3.05) is 19.6 Å². The molecule has 2 aromatic carbocycles. The summed E-state index contributed by atoms with van der Waals surface area (Å²) in [6.45, 7) is 3.58. The summed E-state index contributed by atoms with van der Waals surface area (Å²) in [5, 5.41) is 3.25. The first-order valence-corrected chi connectivity index (χ1v) is 8.08. The Morgan fingerprint density at radius 1 is 1.16 bits per heavy atom. The van der Waals surface area contributed by atoms with Crippen LogP contribution in [0.1, 0.15) is 30.0 Å². The molecule has 1 aliphatic rings. The number of hydrogen-bond acceptors (Lipinski definition) is 2. The lowest BCUT2D eigenvalue weighted by Crippen LogP contribution is -2.49. The van der Waals surface area contributed by atoms with Crippen molar-refractivity contribution in [1.29, 1.82) is 0 Å². The Kier molecular flexibility index (Phi) is 6.51. The standard InChI is InChI=1S/C19H20F2N2O.ClH/c1-13(14-4-2-6-16(20)10-14)19(24)23-9-8-22-12-18(23)15-5-3-7-17(21)11-15;/h2-7,10-11,13,18,22H,8-9,12H2,1H3;1H. The van der Waals surface area contributed by atoms with Crippen LogP contribution in [0.25, 0.3) is 0 Å². The zero-order chi connectivity index (χ0) is 17.1. The Morgan fingerprint density at radius 3 is 2.52 bits per heavy atom. The van der Waals surface area contributed by atoms with Gasteiger partial charge in [0.05, 0.1) is 12.0 Å². The number of carbonyl (C=O) groups excluding carboxylic acids is 1. The van der Waals surface area contributed by atoms with Crippen molar-refractivity contribution >= 4 is 18.3 Å². The number of hydrogen-bond donors (Lipinski definition) is 1. The molecule has 2 aromatic rings. The van der Waals surface area contributed by atoms with E-state index in [9.17, 15) is 13.6 Å². The first kappa shape index (κ1) is 19.3. The van der Waals surface area contributed by atoms with Gasteiger partial charge in [-0.25, -0.2) is 8.78 Å². The third-order valence-electron chi connectivity index (χ3n) is 4.48. The average Bonchev–Trinajstić information content (AvgIpc) is 2.60. The van der Waals surface area contributed by atoms with Gasteiger partial charge in [0.2, 0.25) is 5.91 Å². The van der Waals surface area contributed by atoms with E-state index in [0.29, 0.717) is 25.2 Å². The maximum atomic E-state index is 13.6. The van der Waals surface area contributed by atoms with Gasteiger partial charge < -0.3 is 10.2 Å². The molecule has 25 heavy (non-hydrogen) atoms. The highest BCUT2D eigenvalue weighted by Gasteiger charge is 2.31. The Bertz CT molecular complexity index is 741. The van der Waals surface area contributed by atoms with Crippen LogP contribution >= 0.6 is 12.4 Å². The first-order chi connectivity index (χ1) is 11.6. The van der Waals surface area contributed by atoms with Crippen molar-refractivity contribution in [2.24, 2.45) is 0 Å². The van der Waals surface area contributed by atoms with Gasteiger partial charge in [0, 0.05) is 19.6 Å². The fraction of sp³-hybridized carbons (Fsp3) is 0.316. The summed E-state index contributed by atoms with van der Waals surface area (Å²) in [4.78, 5) is 14.7. The third-order valence-corrected chi connectivity index (χ3v) is 4.48. The van der Waals surface area contributed by atoms with Crippen LogP contribution < -0.4 is 5.32 Å². The van der Waals surface area contributed by atoms with Crippen molar-refractivity contribution in [1.82, 2.24) is 10.2 Å². The quantitative estimate of drug-likeness (QED) is 0.899. The molecule has 1 saturated heterocycles. The summed E-state index contributed by atoms with van der Waals surface area (Å²) in [5.74, 6) is -1.19. The largest absolute Gasteiger partial charge is 0.333 e. The van der Waals surface area contributed by atoms with Gasteiger partial charge in [-0.2, -0.15) is 0 Å². The molecule has 1 heterocycles. The fourth-order valence-corrected chi connectivity index (χ4v) is 3.15. The molecule has 1 aliphatic heterocycles. The molecule has 1 fully saturated rings. The number of halogens is 3. The summed E-state index contributed by atoms with van der Waals surface area (Å²) < 4.78 is 27.0. The fourth-order valence-electron chi connectivity index (χ4n) is 3.15. The summed E-state index contributed by atoms with van der Waals surface area (Å²) in [6.07, 6.45) is 0. The van der Waals surface area contributed by atoms with E-state index in [1.165, 1.54) is 24.3 Å². The van der Waals surface area contributed by atoms with Crippen LogP contribution in [0.5, 0.6) is 0 Å². The Hall–Kier alpha value is -1.98.